The van der Waals surface area contributed by atoms with Crippen LogP contribution in [0.15, 0.2) is 36.4 Å². The van der Waals surface area contributed by atoms with E-state index in [4.69, 9.17) is 22.2 Å². The lowest BCUT2D eigenvalue weighted by Gasteiger charge is -2.37. The van der Waals surface area contributed by atoms with Crippen molar-refractivity contribution in [1.29, 1.82) is 5.26 Å². The molecule has 0 spiro atoms. The Morgan fingerprint density at radius 2 is 1.91 bits per heavy atom. The molecule has 1 N–H and O–H groups in total. The first-order valence-corrected chi connectivity index (χ1v) is 11.3. The Hall–Kier alpha value is -3.36. The van der Waals surface area contributed by atoms with Gasteiger partial charge in [-0.25, -0.2) is 0 Å². The summed E-state index contributed by atoms with van der Waals surface area (Å²) in [5.74, 6) is 0.0795. The van der Waals surface area contributed by atoms with E-state index >= 15 is 0 Å². The highest BCUT2D eigenvalue weighted by molar-refractivity contribution is 7.81. The van der Waals surface area contributed by atoms with Crippen LogP contribution >= 0.6 is 12.2 Å². The zero-order valence-corrected chi connectivity index (χ0v) is 20.1. The number of anilines is 3. The fourth-order valence-electron chi connectivity index (χ4n) is 4.41. The summed E-state index contributed by atoms with van der Waals surface area (Å²) in [4.78, 5) is 18.1. The van der Waals surface area contributed by atoms with E-state index in [0.29, 0.717) is 24.5 Å². The lowest BCUT2D eigenvalue weighted by molar-refractivity contribution is -0.137. The van der Waals surface area contributed by atoms with Gasteiger partial charge in [0.1, 0.15) is 17.4 Å². The molecule has 1 atom stereocenters. The monoisotopic (exact) mass is 504 g/mol. The zero-order valence-electron chi connectivity index (χ0n) is 19.3. The molecule has 0 radical (unpaired) electrons. The number of aliphatic hydroxyl groups is 1. The number of hydrogen-bond donors (Lipinski definition) is 1. The number of nitrogens with zero attached hydrogens (tertiary/aromatic N) is 4. The van der Waals surface area contributed by atoms with Crippen LogP contribution in [0.5, 0.6) is 5.75 Å². The Morgan fingerprint density at radius 3 is 2.51 bits per heavy atom. The van der Waals surface area contributed by atoms with E-state index in [1.54, 1.807) is 36.9 Å². The topological polar surface area (TPSA) is 80.0 Å². The largest absolute Gasteiger partial charge is 0.484 e. The molecule has 35 heavy (non-hydrogen) atoms. The van der Waals surface area contributed by atoms with E-state index in [1.807, 2.05) is 17.9 Å². The maximum Gasteiger partial charge on any atom is 0.417 e. The summed E-state index contributed by atoms with van der Waals surface area (Å²) in [6.07, 6.45) is -5.14. The summed E-state index contributed by atoms with van der Waals surface area (Å²) in [6.45, 7) is 6.26. The van der Waals surface area contributed by atoms with Crippen molar-refractivity contribution in [3.05, 3.63) is 47.5 Å². The summed E-state index contributed by atoms with van der Waals surface area (Å²) in [5.41, 5.74) is -1.60. The number of aliphatic hydroxyl groups excluding tert-OH is 1. The van der Waals surface area contributed by atoms with Gasteiger partial charge in [-0.3, -0.25) is 9.69 Å². The Balaban J connectivity index is 1.77. The minimum Gasteiger partial charge on any atom is -0.484 e. The third-order valence-electron chi connectivity index (χ3n) is 6.20. The molecule has 2 aromatic rings. The summed E-state index contributed by atoms with van der Waals surface area (Å²) in [5, 5.41) is 18.6. The second kappa shape index (κ2) is 8.70. The predicted octanol–water partition coefficient (Wildman–Crippen LogP) is 4.07. The fourth-order valence-corrected chi connectivity index (χ4v) is 4.93. The number of ether oxygens (including phenoxy) is 1. The second-order valence-corrected chi connectivity index (χ2v) is 9.14. The van der Waals surface area contributed by atoms with Gasteiger partial charge in [-0.1, -0.05) is 0 Å². The second-order valence-electron chi connectivity index (χ2n) is 8.77. The molecule has 0 aromatic heterocycles. The van der Waals surface area contributed by atoms with Gasteiger partial charge in [0, 0.05) is 12.2 Å². The predicted molar refractivity (Wildman–Crippen MR) is 129 cm³/mol. The molecule has 11 heteroatoms. The Labute approximate surface area is 205 Å². The number of hydrogen-bond acceptors (Lipinski definition) is 6. The third-order valence-corrected chi connectivity index (χ3v) is 6.56. The minimum atomic E-state index is -4.77. The molecule has 0 saturated carbocycles. The molecular weight excluding hydrogens is 481 g/mol. The molecule has 0 unspecified atom stereocenters. The average molecular weight is 505 g/mol. The third kappa shape index (κ3) is 4.06. The number of amides is 1. The van der Waals surface area contributed by atoms with Crippen LogP contribution in [-0.2, 0) is 11.0 Å². The highest BCUT2D eigenvalue weighted by Crippen LogP contribution is 2.43. The molecule has 2 aliphatic heterocycles. The van der Waals surface area contributed by atoms with Crippen molar-refractivity contribution in [3.8, 4) is 11.8 Å². The quantitative estimate of drug-likeness (QED) is 0.629. The van der Waals surface area contributed by atoms with Crippen LogP contribution in [0.3, 0.4) is 0 Å². The number of thiocarbonyl (C=S) groups is 1. The standard InChI is InChI=1S/C24H23F3N4O3S/c1-4-29-12-17(13-32)34-20-8-7-16(10-19(20)29)31-22(35)30(21(33)23(31,2)3)15-6-5-14(11-28)18(9-15)24(25,26)27/h5-10,17,32H,4,12-13H2,1-3H3/t17-/m1/s1. The molecule has 7 nitrogen and oxygen atoms in total. The normalized spacial score (nSPS) is 19.5. The van der Waals surface area contributed by atoms with Crippen LogP contribution in [0, 0.1) is 11.3 Å². The van der Waals surface area contributed by atoms with E-state index in [2.05, 4.69) is 0 Å². The van der Waals surface area contributed by atoms with E-state index in [9.17, 15) is 23.1 Å². The summed E-state index contributed by atoms with van der Waals surface area (Å²) in [7, 11) is 0. The average Bonchev–Trinajstić information content (AvgIpc) is 3.00. The molecule has 2 heterocycles. The van der Waals surface area contributed by atoms with Crippen molar-refractivity contribution < 1.29 is 27.8 Å². The van der Waals surface area contributed by atoms with Crippen LogP contribution < -0.4 is 19.4 Å². The fraction of sp³-hybridized carbons (Fsp3) is 0.375. The van der Waals surface area contributed by atoms with Crippen molar-refractivity contribution in [2.45, 2.75) is 38.6 Å². The van der Waals surface area contributed by atoms with Crippen LogP contribution in [0.4, 0.5) is 30.2 Å². The van der Waals surface area contributed by atoms with Gasteiger partial charge in [0.2, 0.25) is 0 Å². The van der Waals surface area contributed by atoms with Crippen molar-refractivity contribution in [2.24, 2.45) is 0 Å². The molecule has 1 amide bonds. The lowest BCUT2D eigenvalue weighted by atomic mass is 10.0. The van der Waals surface area contributed by atoms with Gasteiger partial charge in [0.05, 0.1) is 41.7 Å². The van der Waals surface area contributed by atoms with Crippen LogP contribution in [0.2, 0.25) is 0 Å². The molecule has 2 aromatic carbocycles. The van der Waals surface area contributed by atoms with Gasteiger partial charge < -0.3 is 19.6 Å². The summed E-state index contributed by atoms with van der Waals surface area (Å²) >= 11 is 5.61. The number of fused-ring (bicyclic) bond motifs is 1. The van der Waals surface area contributed by atoms with Gasteiger partial charge in [0.15, 0.2) is 5.11 Å². The first-order chi connectivity index (χ1) is 16.4. The van der Waals surface area contributed by atoms with E-state index in [1.165, 1.54) is 6.07 Å². The van der Waals surface area contributed by atoms with Gasteiger partial charge in [0.25, 0.3) is 5.91 Å². The van der Waals surface area contributed by atoms with Crippen LogP contribution in [0.25, 0.3) is 0 Å². The zero-order chi connectivity index (χ0) is 25.7. The van der Waals surface area contributed by atoms with Crippen molar-refractivity contribution >= 4 is 40.3 Å². The van der Waals surface area contributed by atoms with Crippen LogP contribution in [-0.4, -0.2) is 47.5 Å². The van der Waals surface area contributed by atoms with Crippen LogP contribution in [0.1, 0.15) is 31.9 Å². The maximum atomic E-state index is 13.5. The van der Waals surface area contributed by atoms with Gasteiger partial charge in [-0.2, -0.15) is 18.4 Å². The highest BCUT2D eigenvalue weighted by atomic mass is 32.1. The summed E-state index contributed by atoms with van der Waals surface area (Å²) < 4.78 is 46.5. The smallest absolute Gasteiger partial charge is 0.417 e. The van der Waals surface area contributed by atoms with Crippen molar-refractivity contribution in [1.82, 2.24) is 0 Å². The Bertz CT molecular complexity index is 1240. The molecule has 4 rings (SSSR count). The molecule has 0 bridgehead atoms. The molecule has 2 aliphatic rings. The first-order valence-electron chi connectivity index (χ1n) is 10.9. The molecule has 1 saturated heterocycles. The number of alkyl halides is 3. The minimum absolute atomic E-state index is 0.0193. The van der Waals surface area contributed by atoms with Gasteiger partial charge in [-0.15, -0.1) is 0 Å². The number of halogens is 3. The number of nitriles is 1. The van der Waals surface area contributed by atoms with E-state index in [0.717, 1.165) is 22.7 Å². The van der Waals surface area contributed by atoms with E-state index in [-0.39, 0.29) is 23.5 Å². The lowest BCUT2D eigenvalue weighted by Crippen LogP contribution is -2.45. The Morgan fingerprint density at radius 1 is 1.23 bits per heavy atom. The molecule has 184 valence electrons. The number of benzene rings is 2. The van der Waals surface area contributed by atoms with Crippen molar-refractivity contribution in [3.63, 3.8) is 0 Å². The first kappa shape index (κ1) is 24.8. The highest BCUT2D eigenvalue weighted by Gasteiger charge is 2.51. The number of carbonyl (C=O) groups is 1. The summed E-state index contributed by atoms with van der Waals surface area (Å²) in [6, 6.07) is 9.90. The Kier molecular flexibility index (Phi) is 6.15. The number of rotatable bonds is 4. The van der Waals surface area contributed by atoms with Gasteiger partial charge in [-0.05, 0) is 69.4 Å². The molecule has 1 fully saturated rings. The van der Waals surface area contributed by atoms with Gasteiger partial charge >= 0.3 is 6.18 Å². The SMILES string of the molecule is CCN1C[C@H](CO)Oc2ccc(N3C(=S)N(c4ccc(C#N)c(C(F)(F)F)c4)C(=O)C3(C)C)cc21. The molecule has 0 aliphatic carbocycles. The number of likely N-dealkylation sites (N-methyl/N-ethyl adjacent to an activating group) is 1. The maximum absolute atomic E-state index is 13.5. The van der Waals surface area contributed by atoms with E-state index < -0.39 is 28.7 Å². The molecular formula is C24H23F3N4O3S. The van der Waals surface area contributed by atoms with Crippen molar-refractivity contribution in [2.75, 3.05) is 34.4 Å². The number of carbonyl (C=O) groups excluding carboxylic acids is 1.